The van der Waals surface area contributed by atoms with Gasteiger partial charge in [-0.2, -0.15) is 0 Å². The molecule has 0 aromatic heterocycles. The van der Waals surface area contributed by atoms with Crippen molar-refractivity contribution in [2.75, 3.05) is 5.32 Å². The number of ketones is 1. The van der Waals surface area contributed by atoms with Crippen molar-refractivity contribution in [3.63, 3.8) is 0 Å². The molecule has 2 rings (SSSR count). The average molecular weight is 448 g/mol. The van der Waals surface area contributed by atoms with E-state index in [0.717, 1.165) is 6.08 Å². The largest absolute Gasteiger partial charge is 0.508 e. The van der Waals surface area contributed by atoms with E-state index in [1.807, 2.05) is 0 Å². The third-order valence-corrected chi connectivity index (χ3v) is 4.23. The molecule has 1 amide bonds. The second kappa shape index (κ2) is 9.70. The Morgan fingerprint density at radius 2 is 1.86 bits per heavy atom. The van der Waals surface area contributed by atoms with Crippen molar-refractivity contribution in [2.45, 2.75) is 19.4 Å². The summed E-state index contributed by atoms with van der Waals surface area (Å²) in [5.41, 5.74) is 1.26. The number of carbonyl (C=O) groups is 3. The number of halogens is 1. The number of benzene rings is 2. The summed E-state index contributed by atoms with van der Waals surface area (Å²) in [7, 11) is 0. The fraction of sp³-hybridized carbons (Fsp3) is 0.150. The minimum absolute atomic E-state index is 0.0486. The van der Waals surface area contributed by atoms with Gasteiger partial charge in [-0.1, -0.05) is 22.0 Å². The van der Waals surface area contributed by atoms with Gasteiger partial charge in [0.1, 0.15) is 11.9 Å². The molecule has 28 heavy (non-hydrogen) atoms. The van der Waals surface area contributed by atoms with E-state index in [2.05, 4.69) is 21.2 Å². The Kier molecular flexibility index (Phi) is 7.34. The van der Waals surface area contributed by atoms with Crippen LogP contribution in [0.4, 0.5) is 10.5 Å². The summed E-state index contributed by atoms with van der Waals surface area (Å²) in [6, 6.07) is 10.9. The highest BCUT2D eigenvalue weighted by Gasteiger charge is 2.20. The Morgan fingerprint density at radius 3 is 2.46 bits per heavy atom. The van der Waals surface area contributed by atoms with Crippen LogP contribution in [0.2, 0.25) is 0 Å². The Balaban J connectivity index is 2.16. The number of aliphatic carboxylic acids is 1. The molecule has 0 spiro atoms. The van der Waals surface area contributed by atoms with Crippen LogP contribution < -0.4 is 5.32 Å². The lowest BCUT2D eigenvalue weighted by Gasteiger charge is -2.18. The Hall–Kier alpha value is -3.13. The quantitative estimate of drug-likeness (QED) is 0.419. The molecule has 2 aromatic carbocycles. The van der Waals surface area contributed by atoms with Crippen LogP contribution in [0.5, 0.6) is 5.75 Å². The zero-order valence-electron chi connectivity index (χ0n) is 14.9. The van der Waals surface area contributed by atoms with Gasteiger partial charge in [0.25, 0.3) is 0 Å². The maximum atomic E-state index is 12.3. The van der Waals surface area contributed by atoms with Gasteiger partial charge in [0.05, 0.1) is 0 Å². The lowest BCUT2D eigenvalue weighted by atomic mass is 10.1. The number of phenols is 1. The van der Waals surface area contributed by atoms with Crippen molar-refractivity contribution >= 4 is 39.5 Å². The van der Waals surface area contributed by atoms with Gasteiger partial charge in [0.2, 0.25) is 0 Å². The molecule has 3 N–H and O–H groups in total. The maximum Gasteiger partial charge on any atom is 0.412 e. The molecule has 8 heteroatoms. The molecule has 1 atom stereocenters. The number of carboxylic acid groups (broad SMARTS) is 1. The number of rotatable bonds is 7. The predicted molar refractivity (Wildman–Crippen MR) is 106 cm³/mol. The molecule has 0 aliphatic rings. The van der Waals surface area contributed by atoms with Gasteiger partial charge < -0.3 is 14.9 Å². The van der Waals surface area contributed by atoms with Crippen LogP contribution in [-0.2, 0) is 9.53 Å². The summed E-state index contributed by atoms with van der Waals surface area (Å²) < 4.78 is 6.06. The zero-order valence-corrected chi connectivity index (χ0v) is 16.5. The van der Waals surface area contributed by atoms with Gasteiger partial charge in [-0.15, -0.1) is 0 Å². The SMILES string of the molecule is CC(=O)c1ccc(NC(=O)O[C@H](C/C=C/C(=O)O)c2cc(Br)ccc2O)cc1. The fourth-order valence-corrected chi connectivity index (χ4v) is 2.76. The molecule has 0 fully saturated rings. The lowest BCUT2D eigenvalue weighted by molar-refractivity contribution is -0.131. The van der Waals surface area contributed by atoms with Crippen LogP contribution in [0.25, 0.3) is 0 Å². The van der Waals surface area contributed by atoms with Crippen LogP contribution in [0, 0.1) is 0 Å². The van der Waals surface area contributed by atoms with Gasteiger partial charge in [-0.3, -0.25) is 10.1 Å². The van der Waals surface area contributed by atoms with Crippen molar-refractivity contribution in [1.82, 2.24) is 0 Å². The zero-order chi connectivity index (χ0) is 20.7. The number of ether oxygens (including phenoxy) is 1. The molecular weight excluding hydrogens is 430 g/mol. The van der Waals surface area contributed by atoms with E-state index < -0.39 is 18.2 Å². The first kappa shape index (κ1) is 21.2. The molecule has 0 saturated carbocycles. The fourth-order valence-electron chi connectivity index (χ4n) is 2.38. The predicted octanol–water partition coefficient (Wildman–Crippen LogP) is 4.68. The van der Waals surface area contributed by atoms with Crippen molar-refractivity contribution in [2.24, 2.45) is 0 Å². The number of carbonyl (C=O) groups excluding carboxylic acids is 2. The lowest BCUT2D eigenvalue weighted by Crippen LogP contribution is -2.17. The second-order valence-electron chi connectivity index (χ2n) is 5.83. The Bertz CT molecular complexity index is 907. The van der Waals surface area contributed by atoms with Crippen LogP contribution in [0.15, 0.2) is 59.1 Å². The molecule has 0 unspecified atom stereocenters. The molecule has 0 aliphatic carbocycles. The summed E-state index contributed by atoms with van der Waals surface area (Å²) in [6.07, 6.45) is 0.618. The summed E-state index contributed by atoms with van der Waals surface area (Å²) >= 11 is 3.29. The first-order valence-electron chi connectivity index (χ1n) is 8.22. The van der Waals surface area contributed by atoms with Crippen LogP contribution in [0.3, 0.4) is 0 Å². The van der Waals surface area contributed by atoms with E-state index in [1.165, 1.54) is 19.1 Å². The molecule has 0 saturated heterocycles. The van der Waals surface area contributed by atoms with Gasteiger partial charge in [0, 0.05) is 33.8 Å². The molecule has 0 aliphatic heterocycles. The average Bonchev–Trinajstić information content (AvgIpc) is 2.63. The van der Waals surface area contributed by atoms with Gasteiger partial charge in [0.15, 0.2) is 5.78 Å². The highest BCUT2D eigenvalue weighted by atomic mass is 79.9. The van der Waals surface area contributed by atoms with Gasteiger partial charge in [-0.25, -0.2) is 9.59 Å². The first-order chi connectivity index (χ1) is 13.3. The molecule has 146 valence electrons. The number of Topliss-reactive ketones (excluding diaryl/α,β-unsaturated/α-hetero) is 1. The van der Waals surface area contributed by atoms with E-state index in [0.29, 0.717) is 21.3 Å². The minimum atomic E-state index is -1.13. The Morgan fingerprint density at radius 1 is 1.18 bits per heavy atom. The normalized spacial score (nSPS) is 11.8. The first-order valence-corrected chi connectivity index (χ1v) is 9.02. The van der Waals surface area contributed by atoms with Crippen molar-refractivity contribution in [3.8, 4) is 5.75 Å². The topological polar surface area (TPSA) is 113 Å². The van der Waals surface area contributed by atoms with E-state index in [-0.39, 0.29) is 18.0 Å². The summed E-state index contributed by atoms with van der Waals surface area (Å²) in [5, 5.41) is 21.4. The van der Waals surface area contributed by atoms with Gasteiger partial charge >= 0.3 is 12.1 Å². The number of amides is 1. The standard InChI is InChI=1S/C20H18BrNO6/c1-12(23)13-5-8-15(9-6-13)22-20(27)28-18(3-2-4-19(25)26)16-11-14(21)7-10-17(16)24/h2,4-11,18,24H,3H2,1H3,(H,22,27)(H,25,26)/b4-2+/t18-/m1/s1. The third kappa shape index (κ3) is 6.24. The monoisotopic (exact) mass is 447 g/mol. The number of anilines is 1. The number of hydrogen-bond donors (Lipinski definition) is 3. The smallest absolute Gasteiger partial charge is 0.412 e. The highest BCUT2D eigenvalue weighted by Crippen LogP contribution is 2.32. The summed E-state index contributed by atoms with van der Waals surface area (Å²) in [6.45, 7) is 1.44. The number of nitrogens with one attached hydrogen (secondary N) is 1. The number of phenolic OH excluding ortho intramolecular Hbond substituents is 1. The van der Waals surface area contributed by atoms with Crippen molar-refractivity contribution < 1.29 is 29.3 Å². The molecule has 2 aromatic rings. The van der Waals surface area contributed by atoms with Crippen LogP contribution in [-0.4, -0.2) is 28.1 Å². The minimum Gasteiger partial charge on any atom is -0.508 e. The highest BCUT2D eigenvalue weighted by molar-refractivity contribution is 9.10. The molecule has 0 heterocycles. The van der Waals surface area contributed by atoms with E-state index in [9.17, 15) is 19.5 Å². The summed E-state index contributed by atoms with van der Waals surface area (Å²) in [4.78, 5) is 34.3. The van der Waals surface area contributed by atoms with E-state index in [4.69, 9.17) is 9.84 Å². The maximum absolute atomic E-state index is 12.3. The van der Waals surface area contributed by atoms with E-state index in [1.54, 1.807) is 36.4 Å². The Labute approximate surface area is 169 Å². The molecule has 0 bridgehead atoms. The van der Waals surface area contributed by atoms with Crippen LogP contribution >= 0.6 is 15.9 Å². The summed E-state index contributed by atoms with van der Waals surface area (Å²) in [5.74, 6) is -1.31. The van der Waals surface area contributed by atoms with Crippen molar-refractivity contribution in [3.05, 3.63) is 70.2 Å². The third-order valence-electron chi connectivity index (χ3n) is 3.73. The molecular formula is C20H18BrNO6. The number of carboxylic acids is 1. The van der Waals surface area contributed by atoms with Gasteiger partial charge in [-0.05, 0) is 49.4 Å². The molecule has 0 radical (unpaired) electrons. The van der Waals surface area contributed by atoms with E-state index >= 15 is 0 Å². The van der Waals surface area contributed by atoms with Crippen molar-refractivity contribution in [1.29, 1.82) is 0 Å². The van der Waals surface area contributed by atoms with Crippen LogP contribution in [0.1, 0.15) is 35.4 Å². The second-order valence-corrected chi connectivity index (χ2v) is 6.75. The number of hydrogen-bond acceptors (Lipinski definition) is 5. The number of aromatic hydroxyl groups is 1. The molecule has 7 nitrogen and oxygen atoms in total.